The zero-order chi connectivity index (χ0) is 23.5. The second kappa shape index (κ2) is 9.16. The van der Waals surface area contributed by atoms with Gasteiger partial charge in [-0.15, -0.1) is 0 Å². The number of furan rings is 1. The van der Waals surface area contributed by atoms with Gasteiger partial charge >= 0.3 is 0 Å². The van der Waals surface area contributed by atoms with E-state index in [0.29, 0.717) is 45.5 Å². The number of ketones is 1. The zero-order valence-electron chi connectivity index (χ0n) is 19.1. The van der Waals surface area contributed by atoms with Gasteiger partial charge in [0.15, 0.2) is 17.3 Å². The van der Waals surface area contributed by atoms with Crippen molar-refractivity contribution >= 4 is 16.8 Å². The van der Waals surface area contributed by atoms with Crippen molar-refractivity contribution in [1.29, 1.82) is 0 Å². The molecule has 0 bridgehead atoms. The summed E-state index contributed by atoms with van der Waals surface area (Å²) in [7, 11) is 7.70. The molecule has 1 aromatic heterocycles. The van der Waals surface area contributed by atoms with Crippen LogP contribution in [-0.2, 0) is 0 Å². The van der Waals surface area contributed by atoms with Crippen LogP contribution in [-0.4, -0.2) is 41.3 Å². The fourth-order valence-electron chi connectivity index (χ4n) is 3.75. The maximum Gasteiger partial charge on any atom is 0.229 e. The van der Waals surface area contributed by atoms with Crippen LogP contribution >= 0.6 is 0 Å². The summed E-state index contributed by atoms with van der Waals surface area (Å²) in [6.07, 6.45) is 0. The first-order valence-electron chi connectivity index (χ1n) is 10.1. The molecular weight excluding hydrogens is 424 g/mol. The SMILES string of the molecule is COc1ccc(-c2c(C(=O)c3cc(OC)c(OC)c(OC)c3)oc3cc(OC)ccc23)cc1. The van der Waals surface area contributed by atoms with E-state index in [9.17, 15) is 4.79 Å². The van der Waals surface area contributed by atoms with Gasteiger partial charge in [-0.25, -0.2) is 0 Å². The monoisotopic (exact) mass is 448 g/mol. The van der Waals surface area contributed by atoms with Gasteiger partial charge in [-0.3, -0.25) is 4.79 Å². The average molecular weight is 448 g/mol. The lowest BCUT2D eigenvalue weighted by Crippen LogP contribution is -2.04. The van der Waals surface area contributed by atoms with E-state index in [0.717, 1.165) is 10.9 Å². The maximum atomic E-state index is 13.7. The average Bonchev–Trinajstić information content (AvgIpc) is 3.25. The number of hydrogen-bond acceptors (Lipinski definition) is 7. The van der Waals surface area contributed by atoms with Crippen LogP contribution in [0.4, 0.5) is 0 Å². The number of rotatable bonds is 8. The normalized spacial score (nSPS) is 10.7. The van der Waals surface area contributed by atoms with Crippen molar-refractivity contribution in [3.05, 3.63) is 65.9 Å². The van der Waals surface area contributed by atoms with Crippen molar-refractivity contribution in [2.24, 2.45) is 0 Å². The highest BCUT2D eigenvalue weighted by Crippen LogP contribution is 2.41. The summed E-state index contributed by atoms with van der Waals surface area (Å²) in [5.74, 6) is 2.37. The van der Waals surface area contributed by atoms with Crippen molar-refractivity contribution in [3.63, 3.8) is 0 Å². The first-order valence-corrected chi connectivity index (χ1v) is 10.1. The Morgan fingerprint density at radius 2 is 1.30 bits per heavy atom. The number of ether oxygens (including phenoxy) is 5. The summed E-state index contributed by atoms with van der Waals surface area (Å²) in [6.45, 7) is 0. The van der Waals surface area contributed by atoms with Crippen molar-refractivity contribution in [2.45, 2.75) is 0 Å². The van der Waals surface area contributed by atoms with Crippen LogP contribution < -0.4 is 23.7 Å². The Labute approximate surface area is 191 Å². The molecule has 0 unspecified atom stereocenters. The van der Waals surface area contributed by atoms with Gasteiger partial charge in [-0.2, -0.15) is 0 Å². The van der Waals surface area contributed by atoms with Crippen LogP contribution in [0.5, 0.6) is 28.7 Å². The lowest BCUT2D eigenvalue weighted by molar-refractivity contribution is 0.101. The summed E-state index contributed by atoms with van der Waals surface area (Å²) in [4.78, 5) is 13.7. The fraction of sp³-hybridized carbons (Fsp3) is 0.192. The molecule has 0 saturated carbocycles. The second-order valence-electron chi connectivity index (χ2n) is 7.14. The van der Waals surface area contributed by atoms with Crippen molar-refractivity contribution in [1.82, 2.24) is 0 Å². The Hall–Kier alpha value is -4.13. The van der Waals surface area contributed by atoms with Crippen LogP contribution in [0.3, 0.4) is 0 Å². The third-order valence-corrected chi connectivity index (χ3v) is 5.41. The predicted octanol–water partition coefficient (Wildman–Crippen LogP) is 5.37. The van der Waals surface area contributed by atoms with Crippen molar-refractivity contribution < 1.29 is 32.9 Å². The number of methoxy groups -OCH3 is 5. The van der Waals surface area contributed by atoms with Crippen molar-refractivity contribution in [3.8, 4) is 39.9 Å². The molecular formula is C26H24O7. The summed E-state index contributed by atoms with van der Waals surface area (Å²) in [6, 6.07) is 16.1. The Balaban J connectivity index is 1.93. The fourth-order valence-corrected chi connectivity index (χ4v) is 3.75. The smallest absolute Gasteiger partial charge is 0.229 e. The van der Waals surface area contributed by atoms with Crippen molar-refractivity contribution in [2.75, 3.05) is 35.5 Å². The minimum atomic E-state index is -0.324. The van der Waals surface area contributed by atoms with Crippen LogP contribution in [0.15, 0.2) is 59.0 Å². The number of carbonyl (C=O) groups excluding carboxylic acids is 1. The van der Waals surface area contributed by atoms with Gasteiger partial charge in [0.25, 0.3) is 0 Å². The molecule has 0 aliphatic heterocycles. The van der Waals surface area contributed by atoms with E-state index < -0.39 is 0 Å². The zero-order valence-corrected chi connectivity index (χ0v) is 19.1. The molecule has 0 amide bonds. The van der Waals surface area contributed by atoms with Gasteiger partial charge in [0.05, 0.1) is 35.5 Å². The summed E-state index contributed by atoms with van der Waals surface area (Å²) in [5.41, 5.74) is 2.37. The molecule has 170 valence electrons. The highest BCUT2D eigenvalue weighted by molar-refractivity contribution is 6.16. The van der Waals surface area contributed by atoms with E-state index in [-0.39, 0.29) is 11.5 Å². The van der Waals surface area contributed by atoms with Gasteiger partial charge < -0.3 is 28.1 Å². The Morgan fingerprint density at radius 3 is 1.85 bits per heavy atom. The third kappa shape index (κ3) is 3.93. The third-order valence-electron chi connectivity index (χ3n) is 5.41. The molecule has 0 radical (unpaired) electrons. The van der Waals surface area contributed by atoms with Crippen LogP contribution in [0.1, 0.15) is 16.1 Å². The molecule has 1 heterocycles. The van der Waals surface area contributed by atoms with Gasteiger partial charge in [-0.1, -0.05) is 12.1 Å². The van der Waals surface area contributed by atoms with Crippen LogP contribution in [0, 0.1) is 0 Å². The van der Waals surface area contributed by atoms with Gasteiger partial charge in [-0.05, 0) is 42.0 Å². The van der Waals surface area contributed by atoms with E-state index in [1.165, 1.54) is 21.3 Å². The summed E-state index contributed by atoms with van der Waals surface area (Å²) < 4.78 is 32.9. The molecule has 3 aromatic carbocycles. The molecule has 0 saturated heterocycles. The quantitative estimate of drug-likeness (QED) is 0.335. The largest absolute Gasteiger partial charge is 0.497 e. The van der Waals surface area contributed by atoms with Gasteiger partial charge in [0.1, 0.15) is 17.1 Å². The summed E-state index contributed by atoms with van der Waals surface area (Å²) >= 11 is 0. The molecule has 0 N–H and O–H groups in total. The first-order chi connectivity index (χ1) is 16.0. The highest BCUT2D eigenvalue weighted by Gasteiger charge is 2.26. The lowest BCUT2D eigenvalue weighted by Gasteiger charge is -2.13. The van der Waals surface area contributed by atoms with E-state index in [1.54, 1.807) is 32.4 Å². The molecule has 0 spiro atoms. The van der Waals surface area contributed by atoms with Crippen LogP contribution in [0.25, 0.3) is 22.1 Å². The number of benzene rings is 3. The van der Waals surface area contributed by atoms with E-state index in [1.807, 2.05) is 36.4 Å². The number of hydrogen-bond donors (Lipinski definition) is 0. The molecule has 0 fully saturated rings. The molecule has 0 aliphatic carbocycles. The minimum absolute atomic E-state index is 0.192. The lowest BCUT2D eigenvalue weighted by atomic mass is 9.97. The Kier molecular flexibility index (Phi) is 6.13. The maximum absolute atomic E-state index is 13.7. The Morgan fingerprint density at radius 1 is 0.697 bits per heavy atom. The molecule has 4 rings (SSSR count). The molecule has 0 atom stereocenters. The molecule has 0 aliphatic rings. The second-order valence-corrected chi connectivity index (χ2v) is 7.14. The number of carbonyl (C=O) groups is 1. The molecule has 7 heteroatoms. The van der Waals surface area contributed by atoms with Gasteiger partial charge in [0, 0.05) is 22.6 Å². The minimum Gasteiger partial charge on any atom is -0.497 e. The molecule has 4 aromatic rings. The highest BCUT2D eigenvalue weighted by atomic mass is 16.5. The predicted molar refractivity (Wildman–Crippen MR) is 124 cm³/mol. The topological polar surface area (TPSA) is 76.4 Å². The molecule has 33 heavy (non-hydrogen) atoms. The van der Waals surface area contributed by atoms with E-state index in [2.05, 4.69) is 0 Å². The summed E-state index contributed by atoms with van der Waals surface area (Å²) in [5, 5.41) is 0.789. The van der Waals surface area contributed by atoms with Gasteiger partial charge in [0.2, 0.25) is 11.5 Å². The van der Waals surface area contributed by atoms with E-state index in [4.69, 9.17) is 28.1 Å². The standard InChI is InChI=1S/C26H24O7/c1-28-17-8-6-15(7-9-17)23-19-11-10-18(29-2)14-20(19)33-26(23)24(27)16-12-21(30-3)25(32-5)22(13-16)31-4/h6-14H,1-5H3. The van der Waals surface area contributed by atoms with E-state index >= 15 is 0 Å². The molecule has 7 nitrogen and oxygen atoms in total. The van der Waals surface area contributed by atoms with Crippen LogP contribution in [0.2, 0.25) is 0 Å². The first kappa shape index (κ1) is 22.1. The Bertz CT molecular complexity index is 1280. The number of fused-ring (bicyclic) bond motifs is 1.